The standard InChI is InChI=1S/C17H16N2O3S/c1-19-12-9-5-6-10-13(12)23-15(11-7-3-2-4-8-11)14(16(19)20)18-17(21)22/h2-10,14-15,18H,1H3,(H,21,22)/t14-,15-/m0/s1. The van der Waals surface area contributed by atoms with Crippen molar-refractivity contribution in [3.05, 3.63) is 60.2 Å². The number of nitrogens with zero attached hydrogens (tertiary/aromatic N) is 1. The van der Waals surface area contributed by atoms with Gasteiger partial charge in [-0.05, 0) is 17.7 Å². The highest BCUT2D eigenvalue weighted by Gasteiger charge is 2.38. The summed E-state index contributed by atoms with van der Waals surface area (Å²) in [4.78, 5) is 26.5. The molecule has 0 bridgehead atoms. The van der Waals surface area contributed by atoms with Gasteiger partial charge in [0.05, 0.1) is 10.9 Å². The maximum Gasteiger partial charge on any atom is 0.405 e. The predicted octanol–water partition coefficient (Wildman–Crippen LogP) is 3.13. The normalized spacial score (nSPS) is 20.6. The van der Waals surface area contributed by atoms with Crippen LogP contribution in [0.2, 0.25) is 0 Å². The first-order valence-corrected chi connectivity index (χ1v) is 8.03. The molecule has 1 heterocycles. The SMILES string of the molecule is CN1C(=O)[C@@H](NC(=O)O)[C@H](c2ccccc2)Sc2ccccc21. The fraction of sp³-hybridized carbons (Fsp3) is 0.176. The van der Waals surface area contributed by atoms with Crippen LogP contribution in [0.3, 0.4) is 0 Å². The molecule has 2 atom stereocenters. The van der Waals surface area contributed by atoms with Crippen molar-refractivity contribution in [2.45, 2.75) is 16.2 Å². The Bertz CT molecular complexity index is 736. The van der Waals surface area contributed by atoms with Crippen molar-refractivity contribution >= 4 is 29.4 Å². The number of nitrogens with one attached hydrogen (secondary N) is 1. The maximum atomic E-state index is 12.8. The Morgan fingerprint density at radius 2 is 1.78 bits per heavy atom. The highest BCUT2D eigenvalue weighted by atomic mass is 32.2. The number of likely N-dealkylation sites (N-methyl/N-ethyl adjacent to an activating group) is 1. The first-order chi connectivity index (χ1) is 11.1. The third kappa shape index (κ3) is 3.03. The van der Waals surface area contributed by atoms with Crippen LogP contribution in [0.15, 0.2) is 59.5 Å². The lowest BCUT2D eigenvalue weighted by atomic mass is 10.0. The summed E-state index contributed by atoms with van der Waals surface area (Å²) in [6.07, 6.45) is -1.20. The molecule has 0 saturated carbocycles. The summed E-state index contributed by atoms with van der Waals surface area (Å²) in [6.45, 7) is 0. The van der Waals surface area contributed by atoms with Crippen molar-refractivity contribution in [3.8, 4) is 0 Å². The van der Waals surface area contributed by atoms with E-state index in [2.05, 4.69) is 5.32 Å². The van der Waals surface area contributed by atoms with E-state index < -0.39 is 12.1 Å². The minimum absolute atomic E-state index is 0.265. The minimum Gasteiger partial charge on any atom is -0.465 e. The van der Waals surface area contributed by atoms with Gasteiger partial charge in [-0.2, -0.15) is 0 Å². The van der Waals surface area contributed by atoms with Gasteiger partial charge >= 0.3 is 6.09 Å². The number of anilines is 1. The van der Waals surface area contributed by atoms with E-state index in [9.17, 15) is 9.59 Å². The van der Waals surface area contributed by atoms with Crippen molar-refractivity contribution in [2.24, 2.45) is 0 Å². The van der Waals surface area contributed by atoms with Crippen molar-refractivity contribution in [2.75, 3.05) is 11.9 Å². The predicted molar refractivity (Wildman–Crippen MR) is 89.8 cm³/mol. The summed E-state index contributed by atoms with van der Waals surface area (Å²) in [7, 11) is 1.67. The molecule has 2 aromatic carbocycles. The lowest BCUT2D eigenvalue weighted by Crippen LogP contribution is -2.48. The molecule has 2 N–H and O–H groups in total. The van der Waals surface area contributed by atoms with Gasteiger partial charge in [-0.15, -0.1) is 11.8 Å². The van der Waals surface area contributed by atoms with Crippen molar-refractivity contribution in [1.29, 1.82) is 0 Å². The van der Waals surface area contributed by atoms with E-state index >= 15 is 0 Å². The number of carbonyl (C=O) groups is 2. The molecule has 1 aliphatic heterocycles. The number of carboxylic acid groups (broad SMARTS) is 1. The molecule has 2 amide bonds. The second-order valence-electron chi connectivity index (χ2n) is 5.24. The Hall–Kier alpha value is -2.47. The van der Waals surface area contributed by atoms with E-state index in [1.807, 2.05) is 54.6 Å². The van der Waals surface area contributed by atoms with Crippen LogP contribution in [0.5, 0.6) is 0 Å². The Balaban J connectivity index is 2.10. The van der Waals surface area contributed by atoms with Gasteiger partial charge in [0.1, 0.15) is 6.04 Å². The highest BCUT2D eigenvalue weighted by molar-refractivity contribution is 7.99. The monoisotopic (exact) mass is 328 g/mol. The second kappa shape index (κ2) is 6.34. The molecule has 5 nitrogen and oxygen atoms in total. The minimum atomic E-state index is -1.20. The number of rotatable bonds is 2. The number of carbonyl (C=O) groups excluding carboxylic acids is 1. The Labute approximate surface area is 138 Å². The van der Waals surface area contributed by atoms with Crippen LogP contribution in [0.1, 0.15) is 10.8 Å². The van der Waals surface area contributed by atoms with Gasteiger partial charge in [0.2, 0.25) is 0 Å². The summed E-state index contributed by atoms with van der Waals surface area (Å²) in [5, 5.41) is 11.2. The van der Waals surface area contributed by atoms with E-state index in [0.717, 1.165) is 16.1 Å². The lowest BCUT2D eigenvalue weighted by molar-refractivity contribution is -0.120. The summed E-state index contributed by atoms with van der Waals surface area (Å²) >= 11 is 1.50. The zero-order chi connectivity index (χ0) is 16.4. The van der Waals surface area contributed by atoms with E-state index in [-0.39, 0.29) is 11.2 Å². The third-order valence-corrected chi connectivity index (χ3v) is 5.18. The van der Waals surface area contributed by atoms with E-state index in [4.69, 9.17) is 5.11 Å². The zero-order valence-corrected chi connectivity index (χ0v) is 13.3. The van der Waals surface area contributed by atoms with E-state index in [0.29, 0.717) is 0 Å². The van der Waals surface area contributed by atoms with Crippen LogP contribution in [-0.2, 0) is 4.79 Å². The molecule has 0 fully saturated rings. The van der Waals surface area contributed by atoms with Crippen LogP contribution in [-0.4, -0.2) is 30.2 Å². The zero-order valence-electron chi connectivity index (χ0n) is 12.5. The van der Waals surface area contributed by atoms with Gasteiger partial charge in [-0.25, -0.2) is 4.79 Å². The molecule has 23 heavy (non-hydrogen) atoms. The Morgan fingerprint density at radius 1 is 1.13 bits per heavy atom. The fourth-order valence-electron chi connectivity index (χ4n) is 2.67. The molecule has 0 spiro atoms. The van der Waals surface area contributed by atoms with Gasteiger partial charge in [-0.1, -0.05) is 42.5 Å². The number of hydrogen-bond donors (Lipinski definition) is 2. The maximum absolute atomic E-state index is 12.8. The molecular weight excluding hydrogens is 312 g/mol. The molecule has 3 rings (SSSR count). The van der Waals surface area contributed by atoms with Crippen molar-refractivity contribution in [1.82, 2.24) is 5.32 Å². The molecule has 1 aliphatic rings. The fourth-order valence-corrected chi connectivity index (χ4v) is 4.04. The van der Waals surface area contributed by atoms with E-state index in [1.165, 1.54) is 16.7 Å². The highest BCUT2D eigenvalue weighted by Crippen LogP contribution is 2.45. The number of benzene rings is 2. The van der Waals surface area contributed by atoms with E-state index in [1.54, 1.807) is 7.05 Å². The average Bonchev–Trinajstić information content (AvgIpc) is 2.66. The molecule has 0 unspecified atom stereocenters. The molecular formula is C17H16N2O3S. The topological polar surface area (TPSA) is 69.6 Å². The second-order valence-corrected chi connectivity index (χ2v) is 6.42. The lowest BCUT2D eigenvalue weighted by Gasteiger charge is -2.25. The number of thioether (sulfide) groups is 1. The van der Waals surface area contributed by atoms with Gasteiger partial charge in [0, 0.05) is 11.9 Å². The van der Waals surface area contributed by atoms with Gasteiger partial charge in [-0.3, -0.25) is 4.79 Å². The first kappa shape index (κ1) is 15.4. The molecule has 0 aliphatic carbocycles. The summed E-state index contributed by atoms with van der Waals surface area (Å²) in [5.74, 6) is -0.265. The molecule has 2 aromatic rings. The first-order valence-electron chi connectivity index (χ1n) is 7.15. The summed E-state index contributed by atoms with van der Waals surface area (Å²) in [5.41, 5.74) is 1.70. The number of hydrogen-bond acceptors (Lipinski definition) is 3. The van der Waals surface area contributed by atoms with Crippen LogP contribution in [0, 0.1) is 0 Å². The van der Waals surface area contributed by atoms with Crippen LogP contribution in [0.4, 0.5) is 10.5 Å². The van der Waals surface area contributed by atoms with Crippen molar-refractivity contribution in [3.63, 3.8) is 0 Å². The third-order valence-electron chi connectivity index (χ3n) is 3.79. The molecule has 6 heteroatoms. The Morgan fingerprint density at radius 3 is 2.48 bits per heavy atom. The van der Waals surface area contributed by atoms with Gasteiger partial charge < -0.3 is 15.3 Å². The molecule has 0 saturated heterocycles. The van der Waals surface area contributed by atoms with Crippen molar-refractivity contribution < 1.29 is 14.7 Å². The molecule has 0 aromatic heterocycles. The van der Waals surface area contributed by atoms with Crippen LogP contribution in [0.25, 0.3) is 0 Å². The number of para-hydroxylation sites is 1. The molecule has 0 radical (unpaired) electrons. The van der Waals surface area contributed by atoms with Crippen LogP contribution >= 0.6 is 11.8 Å². The smallest absolute Gasteiger partial charge is 0.405 e. The quantitative estimate of drug-likeness (QED) is 0.888. The average molecular weight is 328 g/mol. The Kier molecular flexibility index (Phi) is 4.25. The largest absolute Gasteiger partial charge is 0.465 e. The van der Waals surface area contributed by atoms with Crippen LogP contribution < -0.4 is 10.2 Å². The number of fused-ring (bicyclic) bond motifs is 1. The van der Waals surface area contributed by atoms with Gasteiger partial charge in [0.25, 0.3) is 5.91 Å². The molecule has 118 valence electrons. The van der Waals surface area contributed by atoms with Gasteiger partial charge in [0.15, 0.2) is 0 Å². The number of amides is 2. The summed E-state index contributed by atoms with van der Waals surface area (Å²) in [6, 6.07) is 16.2. The summed E-state index contributed by atoms with van der Waals surface area (Å²) < 4.78 is 0.